The second kappa shape index (κ2) is 4.73. The summed E-state index contributed by atoms with van der Waals surface area (Å²) in [5, 5.41) is 0. The maximum absolute atomic E-state index is 4.74. The van der Waals surface area contributed by atoms with Crippen molar-refractivity contribution < 1.29 is 4.57 Å². The van der Waals surface area contributed by atoms with Crippen LogP contribution in [0.5, 0.6) is 0 Å². The summed E-state index contributed by atoms with van der Waals surface area (Å²) in [4.78, 5) is 9.43. The zero-order valence-corrected chi connectivity index (χ0v) is 13.1. The summed E-state index contributed by atoms with van der Waals surface area (Å²) in [7, 11) is 2.10. The molecule has 2 heterocycles. The molecule has 1 aliphatic rings. The summed E-state index contributed by atoms with van der Waals surface area (Å²) in [5.41, 5.74) is 8.39. The van der Waals surface area contributed by atoms with Gasteiger partial charge in [0, 0.05) is 11.3 Å². The van der Waals surface area contributed by atoms with Gasteiger partial charge in [-0.1, -0.05) is 24.3 Å². The molecule has 0 N–H and O–H groups in total. The highest BCUT2D eigenvalue weighted by molar-refractivity contribution is 5.73. The van der Waals surface area contributed by atoms with Gasteiger partial charge in [-0.2, -0.15) is 0 Å². The van der Waals surface area contributed by atoms with E-state index in [-0.39, 0.29) is 0 Å². The van der Waals surface area contributed by atoms with E-state index in [4.69, 9.17) is 4.98 Å². The predicted molar refractivity (Wildman–Crippen MR) is 86.4 cm³/mol. The highest BCUT2D eigenvalue weighted by Crippen LogP contribution is 2.34. The maximum atomic E-state index is 4.74. The quantitative estimate of drug-likeness (QED) is 0.504. The molecule has 0 fully saturated rings. The van der Waals surface area contributed by atoms with Crippen LogP contribution in [-0.2, 0) is 13.5 Å². The van der Waals surface area contributed by atoms with Gasteiger partial charge in [-0.15, -0.1) is 0 Å². The summed E-state index contributed by atoms with van der Waals surface area (Å²) >= 11 is 0. The fourth-order valence-corrected chi connectivity index (χ4v) is 3.26. The zero-order valence-electron chi connectivity index (χ0n) is 13.1. The predicted octanol–water partition coefficient (Wildman–Crippen LogP) is 3.16. The molecule has 0 saturated heterocycles. The third-order valence-corrected chi connectivity index (χ3v) is 4.47. The third-order valence-electron chi connectivity index (χ3n) is 4.47. The number of hydrogen-bond donors (Lipinski definition) is 0. The SMILES string of the molecule is Cc1ccc2c(n1)Cc1c-2cnc(-c2ccccc2C)[n+]1C. The molecule has 3 heteroatoms. The molecule has 0 bridgehead atoms. The zero-order chi connectivity index (χ0) is 15.3. The van der Waals surface area contributed by atoms with E-state index >= 15 is 0 Å². The summed E-state index contributed by atoms with van der Waals surface area (Å²) in [6, 6.07) is 12.6. The van der Waals surface area contributed by atoms with Gasteiger partial charge in [-0.3, -0.25) is 4.98 Å². The maximum Gasteiger partial charge on any atom is 0.330 e. The van der Waals surface area contributed by atoms with Crippen molar-refractivity contribution >= 4 is 0 Å². The lowest BCUT2D eigenvalue weighted by Gasteiger charge is -2.06. The van der Waals surface area contributed by atoms with Crippen molar-refractivity contribution in [3.8, 4) is 22.5 Å². The van der Waals surface area contributed by atoms with Gasteiger partial charge in [-0.25, -0.2) is 4.57 Å². The first-order valence-corrected chi connectivity index (χ1v) is 7.56. The Morgan fingerprint density at radius 3 is 2.59 bits per heavy atom. The van der Waals surface area contributed by atoms with Gasteiger partial charge in [0.05, 0.1) is 30.3 Å². The van der Waals surface area contributed by atoms with E-state index < -0.39 is 0 Å². The minimum atomic E-state index is 0.879. The fourth-order valence-electron chi connectivity index (χ4n) is 3.26. The Morgan fingerprint density at radius 2 is 1.77 bits per heavy atom. The first-order chi connectivity index (χ1) is 10.6. The lowest BCUT2D eigenvalue weighted by molar-refractivity contribution is -0.669. The molecule has 108 valence electrons. The molecule has 2 aromatic heterocycles. The normalized spacial score (nSPS) is 12.1. The molecule has 0 atom stereocenters. The van der Waals surface area contributed by atoms with Crippen molar-refractivity contribution in [2.75, 3.05) is 0 Å². The van der Waals surface area contributed by atoms with E-state index in [0.717, 1.165) is 23.6 Å². The van der Waals surface area contributed by atoms with Crippen molar-refractivity contribution in [2.45, 2.75) is 20.3 Å². The number of rotatable bonds is 1. The van der Waals surface area contributed by atoms with Gasteiger partial charge in [0.25, 0.3) is 0 Å². The van der Waals surface area contributed by atoms with E-state index in [2.05, 4.69) is 59.9 Å². The fraction of sp³-hybridized carbons (Fsp3) is 0.211. The molecule has 22 heavy (non-hydrogen) atoms. The first-order valence-electron chi connectivity index (χ1n) is 7.56. The van der Waals surface area contributed by atoms with E-state index in [1.807, 2.05) is 13.1 Å². The number of nitrogens with zero attached hydrogens (tertiary/aromatic N) is 3. The number of aryl methyl sites for hydroxylation is 2. The standard InChI is InChI=1S/C19H18N3/c1-12-6-4-5-7-14(12)19-20-11-16-15-9-8-13(2)21-17(15)10-18(16)22(19)3/h4-9,11H,10H2,1-3H3/q+1. The van der Waals surface area contributed by atoms with E-state index in [0.29, 0.717) is 0 Å². The lowest BCUT2D eigenvalue weighted by atomic mass is 10.1. The van der Waals surface area contributed by atoms with Gasteiger partial charge in [0.15, 0.2) is 6.20 Å². The van der Waals surface area contributed by atoms with Crippen LogP contribution in [0.2, 0.25) is 0 Å². The average molecular weight is 288 g/mol. The van der Waals surface area contributed by atoms with Crippen LogP contribution in [0, 0.1) is 13.8 Å². The highest BCUT2D eigenvalue weighted by Gasteiger charge is 2.29. The van der Waals surface area contributed by atoms with Crippen molar-refractivity contribution in [3.63, 3.8) is 0 Å². The van der Waals surface area contributed by atoms with E-state index in [9.17, 15) is 0 Å². The Hall–Kier alpha value is -2.55. The smallest absolute Gasteiger partial charge is 0.257 e. The number of benzene rings is 1. The van der Waals surface area contributed by atoms with Crippen LogP contribution in [0.1, 0.15) is 22.6 Å². The van der Waals surface area contributed by atoms with Crippen LogP contribution in [0.4, 0.5) is 0 Å². The third kappa shape index (κ3) is 1.86. The summed E-state index contributed by atoms with van der Waals surface area (Å²) < 4.78 is 2.22. The summed E-state index contributed by atoms with van der Waals surface area (Å²) in [6.07, 6.45) is 2.88. The molecule has 0 spiro atoms. The van der Waals surface area contributed by atoms with Gasteiger partial charge in [0.1, 0.15) is 5.69 Å². The van der Waals surface area contributed by atoms with Crippen LogP contribution in [0.3, 0.4) is 0 Å². The summed E-state index contributed by atoms with van der Waals surface area (Å²) in [6.45, 7) is 4.17. The average Bonchev–Trinajstić information content (AvgIpc) is 2.87. The van der Waals surface area contributed by atoms with Crippen LogP contribution in [0.15, 0.2) is 42.6 Å². The molecular formula is C19H18N3+. The molecule has 3 nitrogen and oxygen atoms in total. The van der Waals surface area contributed by atoms with Crippen molar-refractivity contribution in [2.24, 2.45) is 7.05 Å². The Morgan fingerprint density at radius 1 is 0.955 bits per heavy atom. The van der Waals surface area contributed by atoms with Gasteiger partial charge >= 0.3 is 5.82 Å². The van der Waals surface area contributed by atoms with E-state index in [1.165, 1.54) is 27.9 Å². The Bertz CT molecular complexity index is 897. The van der Waals surface area contributed by atoms with Crippen LogP contribution < -0.4 is 4.57 Å². The van der Waals surface area contributed by atoms with Crippen molar-refractivity contribution in [3.05, 3.63) is 65.2 Å². The lowest BCUT2D eigenvalue weighted by Crippen LogP contribution is -2.37. The molecule has 0 saturated carbocycles. The van der Waals surface area contributed by atoms with Crippen molar-refractivity contribution in [1.82, 2.24) is 9.97 Å². The molecule has 0 radical (unpaired) electrons. The molecule has 1 aromatic carbocycles. The molecule has 0 aliphatic heterocycles. The Labute approximate surface area is 130 Å². The number of aromatic nitrogens is 3. The molecule has 0 amide bonds. The van der Waals surface area contributed by atoms with Gasteiger partial charge in [0.2, 0.25) is 0 Å². The van der Waals surface area contributed by atoms with Crippen LogP contribution in [-0.4, -0.2) is 9.97 Å². The topological polar surface area (TPSA) is 29.7 Å². The molecule has 1 aliphatic carbocycles. The van der Waals surface area contributed by atoms with Crippen LogP contribution in [0.25, 0.3) is 22.5 Å². The van der Waals surface area contributed by atoms with Gasteiger partial charge in [-0.05, 0) is 36.5 Å². The molecule has 0 unspecified atom stereocenters. The first kappa shape index (κ1) is 13.1. The number of pyridine rings is 1. The largest absolute Gasteiger partial charge is 0.330 e. The monoisotopic (exact) mass is 288 g/mol. The Balaban J connectivity index is 1.91. The molecular weight excluding hydrogens is 270 g/mol. The number of fused-ring (bicyclic) bond motifs is 3. The summed E-state index contributed by atoms with van der Waals surface area (Å²) in [5.74, 6) is 1.02. The van der Waals surface area contributed by atoms with Gasteiger partial charge < -0.3 is 0 Å². The van der Waals surface area contributed by atoms with Crippen LogP contribution >= 0.6 is 0 Å². The van der Waals surface area contributed by atoms with E-state index in [1.54, 1.807) is 0 Å². The minimum Gasteiger partial charge on any atom is -0.257 e. The second-order valence-electron chi connectivity index (χ2n) is 5.94. The second-order valence-corrected chi connectivity index (χ2v) is 5.94. The number of hydrogen-bond acceptors (Lipinski definition) is 2. The Kier molecular flexibility index (Phi) is 2.83. The van der Waals surface area contributed by atoms with Crippen molar-refractivity contribution in [1.29, 1.82) is 0 Å². The molecule has 3 aromatic rings. The highest BCUT2D eigenvalue weighted by atomic mass is 15.0. The minimum absolute atomic E-state index is 0.879. The molecule has 4 rings (SSSR count).